The Balaban J connectivity index is 1.74. The van der Waals surface area contributed by atoms with Gasteiger partial charge in [-0.05, 0) is 46.5 Å². The van der Waals surface area contributed by atoms with E-state index in [2.05, 4.69) is 25.4 Å². The molecule has 3 heterocycles. The van der Waals surface area contributed by atoms with E-state index in [9.17, 15) is 9.59 Å². The molecule has 0 bridgehead atoms. The van der Waals surface area contributed by atoms with Crippen molar-refractivity contribution in [3.63, 3.8) is 0 Å². The monoisotopic (exact) mass is 402 g/mol. The van der Waals surface area contributed by atoms with Crippen LogP contribution in [0.2, 0.25) is 0 Å². The molecule has 2 aliphatic heterocycles. The number of rotatable bonds is 6. The van der Waals surface area contributed by atoms with Crippen molar-refractivity contribution in [1.82, 2.24) is 20.6 Å². The van der Waals surface area contributed by atoms with Crippen LogP contribution < -0.4 is 20.4 Å². The van der Waals surface area contributed by atoms with Crippen LogP contribution in [0.5, 0.6) is 0 Å². The summed E-state index contributed by atoms with van der Waals surface area (Å²) in [6.07, 6.45) is 5.62. The van der Waals surface area contributed by atoms with Gasteiger partial charge in [0.25, 0.3) is 0 Å². The maximum absolute atomic E-state index is 12.3. The molecule has 2 saturated heterocycles. The number of anilines is 2. The minimum absolute atomic E-state index is 0.00128. The molecule has 0 aromatic carbocycles. The van der Waals surface area contributed by atoms with Gasteiger partial charge in [0.1, 0.15) is 5.82 Å². The third-order valence-electron chi connectivity index (χ3n) is 5.80. The van der Waals surface area contributed by atoms with Gasteiger partial charge >= 0.3 is 0 Å². The highest BCUT2D eigenvalue weighted by molar-refractivity contribution is 5.80. The molecule has 0 saturated carbocycles. The van der Waals surface area contributed by atoms with Gasteiger partial charge in [0, 0.05) is 51.0 Å². The summed E-state index contributed by atoms with van der Waals surface area (Å²) >= 11 is 0. The van der Waals surface area contributed by atoms with Crippen LogP contribution in [-0.2, 0) is 9.59 Å². The standard InChI is InChI=1S/C21H34N6O2/c1-4-22-19(28)16-8-6-10-26(13-16)18-15(3)12-24-21(25-18)27-11-7-9-17(14-27)20(29)23-5-2/h12,16-17H,4-11,13-14H2,1-3H3,(H,22,28)(H,23,29). The number of carbonyl (C=O) groups excluding carboxylic acids is 2. The van der Waals surface area contributed by atoms with E-state index in [-0.39, 0.29) is 23.7 Å². The highest BCUT2D eigenvalue weighted by Gasteiger charge is 2.29. The predicted molar refractivity (Wildman–Crippen MR) is 114 cm³/mol. The topological polar surface area (TPSA) is 90.5 Å². The van der Waals surface area contributed by atoms with Crippen LogP contribution in [0.25, 0.3) is 0 Å². The van der Waals surface area contributed by atoms with Crippen molar-refractivity contribution in [2.24, 2.45) is 11.8 Å². The molecule has 8 heteroatoms. The molecule has 2 atom stereocenters. The van der Waals surface area contributed by atoms with Gasteiger partial charge in [0.05, 0.1) is 11.8 Å². The number of aromatic nitrogens is 2. The first-order valence-corrected chi connectivity index (χ1v) is 10.9. The van der Waals surface area contributed by atoms with Crippen LogP contribution in [0.1, 0.15) is 45.1 Å². The Morgan fingerprint density at radius 3 is 2.14 bits per heavy atom. The fourth-order valence-electron chi connectivity index (χ4n) is 4.29. The molecule has 2 N–H and O–H groups in total. The molecule has 3 rings (SSSR count). The lowest BCUT2D eigenvalue weighted by Gasteiger charge is -2.35. The molecule has 2 amide bonds. The van der Waals surface area contributed by atoms with Gasteiger partial charge in [-0.15, -0.1) is 0 Å². The van der Waals surface area contributed by atoms with Crippen LogP contribution in [0.15, 0.2) is 6.20 Å². The summed E-state index contributed by atoms with van der Waals surface area (Å²) in [6, 6.07) is 0. The van der Waals surface area contributed by atoms with Crippen molar-refractivity contribution in [2.45, 2.75) is 46.5 Å². The fourth-order valence-corrected chi connectivity index (χ4v) is 4.29. The average Bonchev–Trinajstić information content (AvgIpc) is 2.74. The predicted octanol–water partition coefficient (Wildman–Crippen LogP) is 1.49. The van der Waals surface area contributed by atoms with Gasteiger partial charge in [-0.2, -0.15) is 4.98 Å². The summed E-state index contributed by atoms with van der Waals surface area (Å²) in [5, 5.41) is 5.88. The van der Waals surface area contributed by atoms with Crippen LogP contribution in [-0.4, -0.2) is 61.1 Å². The molecule has 2 unspecified atom stereocenters. The molecule has 2 fully saturated rings. The van der Waals surface area contributed by atoms with Crippen molar-refractivity contribution in [3.8, 4) is 0 Å². The van der Waals surface area contributed by atoms with Crippen molar-refractivity contribution >= 4 is 23.6 Å². The highest BCUT2D eigenvalue weighted by atomic mass is 16.2. The van der Waals surface area contributed by atoms with Crippen molar-refractivity contribution < 1.29 is 9.59 Å². The van der Waals surface area contributed by atoms with E-state index in [1.807, 2.05) is 27.0 Å². The molecule has 29 heavy (non-hydrogen) atoms. The second-order valence-electron chi connectivity index (χ2n) is 8.04. The summed E-state index contributed by atoms with van der Waals surface area (Å²) in [5.41, 5.74) is 1.02. The largest absolute Gasteiger partial charge is 0.356 e. The van der Waals surface area contributed by atoms with E-state index >= 15 is 0 Å². The van der Waals surface area contributed by atoms with E-state index < -0.39 is 0 Å². The Bertz CT molecular complexity index is 725. The number of carbonyl (C=O) groups is 2. The maximum Gasteiger partial charge on any atom is 0.227 e. The lowest BCUT2D eigenvalue weighted by molar-refractivity contribution is -0.125. The Hall–Kier alpha value is -2.38. The first-order valence-electron chi connectivity index (χ1n) is 10.9. The highest BCUT2D eigenvalue weighted by Crippen LogP contribution is 2.27. The lowest BCUT2D eigenvalue weighted by Crippen LogP contribution is -2.45. The summed E-state index contributed by atoms with van der Waals surface area (Å²) in [6.45, 7) is 10.3. The summed E-state index contributed by atoms with van der Waals surface area (Å²) in [5.74, 6) is 1.81. The third-order valence-corrected chi connectivity index (χ3v) is 5.80. The van der Waals surface area contributed by atoms with Gasteiger partial charge < -0.3 is 20.4 Å². The fraction of sp³-hybridized carbons (Fsp3) is 0.714. The number of hydrogen-bond donors (Lipinski definition) is 2. The molecular formula is C21H34N6O2. The second kappa shape index (κ2) is 9.89. The number of amides is 2. The quantitative estimate of drug-likeness (QED) is 0.749. The SMILES string of the molecule is CCNC(=O)C1CCCN(c2ncc(C)c(N3CCCC(C(=O)NCC)C3)n2)C1. The Kier molecular flexibility index (Phi) is 7.28. The molecule has 0 aliphatic carbocycles. The number of nitrogens with zero attached hydrogens (tertiary/aromatic N) is 4. The molecule has 8 nitrogen and oxygen atoms in total. The maximum atomic E-state index is 12.3. The molecule has 0 radical (unpaired) electrons. The summed E-state index contributed by atoms with van der Waals surface area (Å²) in [7, 11) is 0. The molecule has 1 aromatic heterocycles. The number of hydrogen-bond acceptors (Lipinski definition) is 6. The van der Waals surface area contributed by atoms with Gasteiger partial charge in [-0.25, -0.2) is 4.98 Å². The van der Waals surface area contributed by atoms with E-state index in [1.54, 1.807) is 0 Å². The minimum Gasteiger partial charge on any atom is -0.356 e. The minimum atomic E-state index is -0.0193. The van der Waals surface area contributed by atoms with E-state index in [0.717, 1.165) is 50.2 Å². The van der Waals surface area contributed by atoms with Crippen molar-refractivity contribution in [3.05, 3.63) is 11.8 Å². The Morgan fingerprint density at radius 1 is 1.00 bits per heavy atom. The van der Waals surface area contributed by atoms with Crippen LogP contribution in [0.3, 0.4) is 0 Å². The normalized spacial score (nSPS) is 22.3. The molecule has 0 spiro atoms. The lowest BCUT2D eigenvalue weighted by atomic mass is 9.96. The second-order valence-corrected chi connectivity index (χ2v) is 8.04. The van der Waals surface area contributed by atoms with E-state index in [1.165, 1.54) is 0 Å². The number of nitrogens with one attached hydrogen (secondary N) is 2. The van der Waals surface area contributed by atoms with Gasteiger partial charge in [-0.3, -0.25) is 9.59 Å². The summed E-state index contributed by atoms with van der Waals surface area (Å²) < 4.78 is 0. The molecule has 160 valence electrons. The van der Waals surface area contributed by atoms with E-state index in [4.69, 9.17) is 4.98 Å². The van der Waals surface area contributed by atoms with Crippen LogP contribution in [0, 0.1) is 18.8 Å². The zero-order valence-corrected chi connectivity index (χ0v) is 17.9. The first kappa shape index (κ1) is 21.3. The Labute approximate surface area is 173 Å². The molecular weight excluding hydrogens is 368 g/mol. The molecule has 1 aromatic rings. The van der Waals surface area contributed by atoms with E-state index in [0.29, 0.717) is 32.1 Å². The zero-order valence-electron chi connectivity index (χ0n) is 17.9. The smallest absolute Gasteiger partial charge is 0.227 e. The first-order chi connectivity index (χ1) is 14.0. The van der Waals surface area contributed by atoms with Crippen LogP contribution in [0.4, 0.5) is 11.8 Å². The Morgan fingerprint density at radius 2 is 1.55 bits per heavy atom. The van der Waals surface area contributed by atoms with Gasteiger partial charge in [0.15, 0.2) is 0 Å². The van der Waals surface area contributed by atoms with Crippen molar-refractivity contribution in [2.75, 3.05) is 49.1 Å². The molecule has 2 aliphatic rings. The number of aryl methyl sites for hydroxylation is 1. The van der Waals surface area contributed by atoms with Crippen LogP contribution >= 0.6 is 0 Å². The van der Waals surface area contributed by atoms with Crippen molar-refractivity contribution in [1.29, 1.82) is 0 Å². The average molecular weight is 403 g/mol. The summed E-state index contributed by atoms with van der Waals surface area (Å²) in [4.78, 5) is 38.4. The van der Waals surface area contributed by atoms with Gasteiger partial charge in [-0.1, -0.05) is 0 Å². The van der Waals surface area contributed by atoms with Gasteiger partial charge in [0.2, 0.25) is 17.8 Å². The zero-order chi connectivity index (χ0) is 20.8. The number of piperidine rings is 2. The third kappa shape index (κ3) is 5.16.